The van der Waals surface area contributed by atoms with Gasteiger partial charge in [-0.1, -0.05) is 54.6 Å². The Balaban J connectivity index is 1.46. The van der Waals surface area contributed by atoms with Crippen LogP contribution in [0.1, 0.15) is 5.56 Å². The van der Waals surface area contributed by atoms with Crippen LogP contribution in [-0.4, -0.2) is 18.8 Å². The average molecular weight is 363 g/mol. The quantitative estimate of drug-likeness (QED) is 0.615. The third-order valence-corrected chi connectivity index (χ3v) is 4.99. The maximum Gasteiger partial charge on any atom is 0.230 e. The van der Waals surface area contributed by atoms with Gasteiger partial charge in [0.15, 0.2) is 0 Å². The number of hydrogen-bond donors (Lipinski definition) is 1. The number of nitrogens with one attached hydrogen (secondary N) is 1. The van der Waals surface area contributed by atoms with Crippen molar-refractivity contribution in [1.29, 1.82) is 0 Å². The average Bonchev–Trinajstić information content (AvgIpc) is 2.72. The normalized spacial score (nSPS) is 10.3. The molecule has 0 fully saturated rings. The second kappa shape index (κ2) is 9.11. The van der Waals surface area contributed by atoms with Crippen molar-refractivity contribution in [2.75, 3.05) is 12.9 Å². The van der Waals surface area contributed by atoms with Crippen molar-refractivity contribution in [2.24, 2.45) is 0 Å². The summed E-state index contributed by atoms with van der Waals surface area (Å²) in [5, 5.41) is 2.94. The van der Waals surface area contributed by atoms with Crippen molar-refractivity contribution < 1.29 is 9.53 Å². The summed E-state index contributed by atoms with van der Waals surface area (Å²) < 4.78 is 5.13. The van der Waals surface area contributed by atoms with Crippen molar-refractivity contribution in [3.63, 3.8) is 0 Å². The summed E-state index contributed by atoms with van der Waals surface area (Å²) >= 11 is 1.54. The van der Waals surface area contributed by atoms with Crippen molar-refractivity contribution in [2.45, 2.75) is 11.4 Å². The van der Waals surface area contributed by atoms with E-state index in [4.69, 9.17) is 4.74 Å². The number of amides is 1. The van der Waals surface area contributed by atoms with Crippen LogP contribution in [0.15, 0.2) is 83.8 Å². The van der Waals surface area contributed by atoms with Crippen molar-refractivity contribution in [1.82, 2.24) is 5.32 Å². The van der Waals surface area contributed by atoms with Gasteiger partial charge in [-0.3, -0.25) is 4.79 Å². The Bertz CT molecular complexity index is 830. The van der Waals surface area contributed by atoms with Gasteiger partial charge in [-0.15, -0.1) is 11.8 Å². The second-order valence-electron chi connectivity index (χ2n) is 5.80. The summed E-state index contributed by atoms with van der Waals surface area (Å²) in [6.45, 7) is 0.524. The second-order valence-corrected chi connectivity index (χ2v) is 6.85. The fourth-order valence-electron chi connectivity index (χ4n) is 2.52. The van der Waals surface area contributed by atoms with Crippen LogP contribution in [0.3, 0.4) is 0 Å². The fourth-order valence-corrected chi connectivity index (χ4v) is 3.25. The first kappa shape index (κ1) is 18.1. The number of ether oxygens (including phenoxy) is 1. The fraction of sp³-hybridized carbons (Fsp3) is 0.136. The van der Waals surface area contributed by atoms with Gasteiger partial charge in [0.2, 0.25) is 5.91 Å². The highest BCUT2D eigenvalue weighted by Crippen LogP contribution is 2.24. The minimum Gasteiger partial charge on any atom is -0.497 e. The highest BCUT2D eigenvalue weighted by molar-refractivity contribution is 8.00. The Hall–Kier alpha value is -2.72. The smallest absolute Gasteiger partial charge is 0.230 e. The van der Waals surface area contributed by atoms with E-state index in [-0.39, 0.29) is 5.91 Å². The molecule has 0 aliphatic heterocycles. The lowest BCUT2D eigenvalue weighted by atomic mass is 10.1. The van der Waals surface area contributed by atoms with Crippen LogP contribution in [0, 0.1) is 0 Å². The molecule has 0 saturated heterocycles. The molecule has 0 spiro atoms. The number of rotatable bonds is 7. The van der Waals surface area contributed by atoms with E-state index in [1.54, 1.807) is 18.9 Å². The highest BCUT2D eigenvalue weighted by atomic mass is 32.2. The molecule has 0 saturated carbocycles. The Morgan fingerprint density at radius 3 is 2.19 bits per heavy atom. The molecule has 1 N–H and O–H groups in total. The first-order valence-corrected chi connectivity index (χ1v) is 9.41. The zero-order valence-electron chi connectivity index (χ0n) is 14.6. The molecule has 0 heterocycles. The Labute approximate surface area is 158 Å². The molecule has 26 heavy (non-hydrogen) atoms. The summed E-state index contributed by atoms with van der Waals surface area (Å²) in [5.74, 6) is 1.24. The Kier molecular flexibility index (Phi) is 6.34. The topological polar surface area (TPSA) is 38.3 Å². The van der Waals surface area contributed by atoms with E-state index in [1.807, 2.05) is 42.5 Å². The van der Waals surface area contributed by atoms with Gasteiger partial charge in [-0.25, -0.2) is 0 Å². The number of carbonyl (C=O) groups excluding carboxylic acids is 1. The number of methoxy groups -OCH3 is 1. The SMILES string of the molecule is COc1ccc(CNC(=O)CSc2ccc(-c3ccccc3)cc2)cc1. The molecule has 0 unspecified atom stereocenters. The third kappa shape index (κ3) is 5.14. The Morgan fingerprint density at radius 2 is 1.54 bits per heavy atom. The number of carbonyl (C=O) groups is 1. The van der Waals surface area contributed by atoms with E-state index >= 15 is 0 Å². The molecule has 3 aromatic carbocycles. The minimum absolute atomic E-state index is 0.0259. The largest absolute Gasteiger partial charge is 0.497 e. The van der Waals surface area contributed by atoms with E-state index in [0.717, 1.165) is 16.2 Å². The van der Waals surface area contributed by atoms with Gasteiger partial charge in [-0.05, 0) is 41.0 Å². The van der Waals surface area contributed by atoms with Crippen molar-refractivity contribution in [3.8, 4) is 16.9 Å². The number of thioether (sulfide) groups is 1. The van der Waals surface area contributed by atoms with Crippen molar-refractivity contribution >= 4 is 17.7 Å². The molecule has 0 aliphatic carbocycles. The van der Waals surface area contributed by atoms with Gasteiger partial charge in [0, 0.05) is 11.4 Å². The van der Waals surface area contributed by atoms with Crippen LogP contribution in [0.25, 0.3) is 11.1 Å². The molecule has 0 aromatic heterocycles. The van der Waals surface area contributed by atoms with Crippen LogP contribution in [0.2, 0.25) is 0 Å². The van der Waals surface area contributed by atoms with E-state index < -0.39 is 0 Å². The highest BCUT2D eigenvalue weighted by Gasteiger charge is 2.04. The van der Waals surface area contributed by atoms with Crippen molar-refractivity contribution in [3.05, 3.63) is 84.4 Å². The van der Waals surface area contributed by atoms with Gasteiger partial charge >= 0.3 is 0 Å². The monoisotopic (exact) mass is 363 g/mol. The molecule has 0 aliphatic rings. The van der Waals surface area contributed by atoms with E-state index in [2.05, 4.69) is 41.7 Å². The molecular formula is C22H21NO2S. The molecule has 132 valence electrons. The summed E-state index contributed by atoms with van der Waals surface area (Å²) in [7, 11) is 1.64. The minimum atomic E-state index is 0.0259. The maximum atomic E-state index is 12.0. The lowest BCUT2D eigenvalue weighted by Gasteiger charge is -2.07. The first-order chi connectivity index (χ1) is 12.7. The predicted octanol–water partition coefficient (Wildman–Crippen LogP) is 4.77. The molecule has 0 radical (unpaired) electrons. The standard InChI is InChI=1S/C22H21NO2S/c1-25-20-11-7-17(8-12-20)15-23-22(24)16-26-21-13-9-19(10-14-21)18-5-3-2-4-6-18/h2-14H,15-16H2,1H3,(H,23,24). The molecule has 1 amide bonds. The Morgan fingerprint density at radius 1 is 0.885 bits per heavy atom. The van der Waals surface area contributed by atoms with Gasteiger partial charge in [0.05, 0.1) is 12.9 Å². The van der Waals surface area contributed by atoms with Gasteiger partial charge in [-0.2, -0.15) is 0 Å². The van der Waals surface area contributed by atoms with Crippen LogP contribution in [-0.2, 0) is 11.3 Å². The summed E-state index contributed by atoms with van der Waals surface area (Å²) in [6.07, 6.45) is 0. The van der Waals surface area contributed by atoms with Gasteiger partial charge in [0.1, 0.15) is 5.75 Å². The first-order valence-electron chi connectivity index (χ1n) is 8.42. The maximum absolute atomic E-state index is 12.0. The van der Waals surface area contributed by atoms with Gasteiger partial charge < -0.3 is 10.1 Å². The van der Waals surface area contributed by atoms with Gasteiger partial charge in [0.25, 0.3) is 0 Å². The molecule has 3 aromatic rings. The summed E-state index contributed by atoms with van der Waals surface area (Å²) in [6, 6.07) is 26.3. The molecule has 3 nitrogen and oxygen atoms in total. The molecule has 0 bridgehead atoms. The summed E-state index contributed by atoms with van der Waals surface area (Å²) in [5.41, 5.74) is 3.43. The zero-order chi connectivity index (χ0) is 18.2. The predicted molar refractivity (Wildman–Crippen MR) is 107 cm³/mol. The van der Waals surface area contributed by atoms with Crippen LogP contribution in [0.5, 0.6) is 5.75 Å². The molecule has 0 atom stereocenters. The van der Waals surface area contributed by atoms with Crippen LogP contribution in [0.4, 0.5) is 0 Å². The molecular weight excluding hydrogens is 342 g/mol. The van der Waals surface area contributed by atoms with Crippen LogP contribution >= 0.6 is 11.8 Å². The number of benzene rings is 3. The number of hydrogen-bond acceptors (Lipinski definition) is 3. The lowest BCUT2D eigenvalue weighted by molar-refractivity contribution is -0.118. The van der Waals surface area contributed by atoms with E-state index in [1.165, 1.54) is 11.1 Å². The molecule has 3 rings (SSSR count). The van der Waals surface area contributed by atoms with Crippen LogP contribution < -0.4 is 10.1 Å². The van der Waals surface area contributed by atoms with E-state index in [0.29, 0.717) is 12.3 Å². The lowest BCUT2D eigenvalue weighted by Crippen LogP contribution is -2.24. The summed E-state index contributed by atoms with van der Waals surface area (Å²) in [4.78, 5) is 13.1. The molecule has 4 heteroatoms. The third-order valence-electron chi connectivity index (χ3n) is 3.98. The van der Waals surface area contributed by atoms with E-state index in [9.17, 15) is 4.79 Å². The zero-order valence-corrected chi connectivity index (χ0v) is 15.5.